The van der Waals surface area contributed by atoms with Crippen molar-refractivity contribution < 1.29 is 33.4 Å². The van der Waals surface area contributed by atoms with Crippen molar-refractivity contribution in [1.82, 2.24) is 36.1 Å². The second kappa shape index (κ2) is 23.0. The normalized spacial score (nSPS) is 16.6. The van der Waals surface area contributed by atoms with Gasteiger partial charge in [0.2, 0.25) is 23.6 Å². The number of aromatic nitrogens is 2. The lowest BCUT2D eigenvalue weighted by Gasteiger charge is -2.32. The summed E-state index contributed by atoms with van der Waals surface area (Å²) >= 11 is 0. The number of likely N-dealkylation sites (N-methyl/N-ethyl adjacent to an activating group) is 1. The molecule has 1 aliphatic heterocycles. The Morgan fingerprint density at radius 3 is 2.09 bits per heavy atom. The third-order valence-corrected chi connectivity index (χ3v) is 11.9. The average molecular weight is 918 g/mol. The van der Waals surface area contributed by atoms with Crippen LogP contribution >= 0.6 is 0 Å². The van der Waals surface area contributed by atoms with Gasteiger partial charge in [-0.15, -0.1) is 0 Å². The van der Waals surface area contributed by atoms with Crippen molar-refractivity contribution in [3.63, 3.8) is 0 Å². The summed E-state index contributed by atoms with van der Waals surface area (Å²) in [7, 11) is 1.42. The van der Waals surface area contributed by atoms with Gasteiger partial charge in [-0.05, 0) is 86.5 Å². The minimum Gasteiger partial charge on any atom is -0.492 e. The number of fused-ring (bicyclic) bond motifs is 5. The van der Waals surface area contributed by atoms with E-state index in [-0.39, 0.29) is 63.2 Å². The van der Waals surface area contributed by atoms with Gasteiger partial charge in [-0.1, -0.05) is 57.2 Å². The number of benzene rings is 3. The Bertz CT molecular complexity index is 2460. The molecule has 4 aromatic rings. The molecule has 356 valence electrons. The van der Waals surface area contributed by atoms with Gasteiger partial charge >= 0.3 is 0 Å². The molecule has 4 unspecified atom stereocenters. The highest BCUT2D eigenvalue weighted by Gasteiger charge is 2.36. The molecule has 5 rings (SSSR count). The van der Waals surface area contributed by atoms with Crippen LogP contribution in [0, 0.1) is 25.2 Å². The molecule has 10 N–H and O–H groups in total. The van der Waals surface area contributed by atoms with Crippen LogP contribution in [0.4, 0.5) is 0 Å². The van der Waals surface area contributed by atoms with Gasteiger partial charge in [0.05, 0.1) is 23.0 Å². The van der Waals surface area contributed by atoms with E-state index in [4.69, 9.17) is 26.7 Å². The number of hydrogen-bond acceptors (Lipinski definition) is 13. The minimum absolute atomic E-state index is 0.000554. The van der Waals surface area contributed by atoms with Crippen molar-refractivity contribution in [1.29, 1.82) is 5.26 Å². The molecule has 67 heavy (non-hydrogen) atoms. The van der Waals surface area contributed by atoms with Crippen molar-refractivity contribution in [3.05, 3.63) is 94.3 Å². The minimum atomic E-state index is -1.41. The van der Waals surface area contributed by atoms with Crippen LogP contribution in [0.15, 0.2) is 60.7 Å². The molecule has 4 atom stereocenters. The Balaban J connectivity index is 1.56. The van der Waals surface area contributed by atoms with E-state index < -0.39 is 53.7 Å². The number of nitrogens with two attached hydrogens (primary N) is 3. The Morgan fingerprint density at radius 1 is 0.896 bits per heavy atom. The predicted octanol–water partition coefficient (Wildman–Crippen LogP) is 2.62. The first-order valence-corrected chi connectivity index (χ1v) is 22.4. The van der Waals surface area contributed by atoms with E-state index in [1.165, 1.54) is 24.4 Å². The molecule has 0 aliphatic carbocycles. The molecular formula is C49H63N11O7. The Kier molecular flexibility index (Phi) is 17.5. The zero-order valence-corrected chi connectivity index (χ0v) is 39.3. The first-order valence-electron chi connectivity index (χ1n) is 22.4. The van der Waals surface area contributed by atoms with Crippen LogP contribution in [-0.2, 0) is 31.0 Å². The Hall–Kier alpha value is -6.94. The van der Waals surface area contributed by atoms with Crippen molar-refractivity contribution >= 4 is 29.5 Å². The van der Waals surface area contributed by atoms with Gasteiger partial charge < -0.3 is 52.8 Å². The molecule has 0 spiro atoms. The van der Waals surface area contributed by atoms with Crippen LogP contribution in [-0.4, -0.2) is 109 Å². The SMILES string of the molecule is CCC(C)(C)c1ccc(-c2nc(C)c(C(=O)NC(CCN)C(=O)N(C)C3C(=O)NC(C)C(=O)NC(C(=O)NCC#N)Cc4ccc(OCCN)c(c4)-c4cc3ccc4OCCN)c(C)n2)cc1. The first-order chi connectivity index (χ1) is 32.0. The molecule has 0 saturated carbocycles. The summed E-state index contributed by atoms with van der Waals surface area (Å²) in [6.45, 7) is 11.7. The summed E-state index contributed by atoms with van der Waals surface area (Å²) < 4.78 is 12.2. The number of amides is 5. The van der Waals surface area contributed by atoms with Gasteiger partial charge in [-0.25, -0.2) is 9.97 Å². The fourth-order valence-electron chi connectivity index (χ4n) is 7.81. The first kappa shape index (κ1) is 51.1. The van der Waals surface area contributed by atoms with Gasteiger partial charge in [-0.3, -0.25) is 24.0 Å². The van der Waals surface area contributed by atoms with E-state index in [0.717, 1.165) is 12.0 Å². The third kappa shape index (κ3) is 12.3. The van der Waals surface area contributed by atoms with E-state index in [2.05, 4.69) is 64.1 Å². The summed E-state index contributed by atoms with van der Waals surface area (Å²) in [6.07, 6.45) is 0.970. The third-order valence-electron chi connectivity index (χ3n) is 11.9. The second-order valence-corrected chi connectivity index (χ2v) is 17.1. The molecule has 5 amide bonds. The zero-order chi connectivity index (χ0) is 49.0. The number of hydrogen-bond donors (Lipinski definition) is 7. The van der Waals surface area contributed by atoms with Crippen molar-refractivity contribution in [2.45, 2.75) is 90.4 Å². The Labute approximate surface area is 391 Å². The monoisotopic (exact) mass is 917 g/mol. The number of carbonyl (C=O) groups excluding carboxylic acids is 5. The number of nitrogens with zero attached hydrogens (tertiary/aromatic N) is 4. The summed E-state index contributed by atoms with van der Waals surface area (Å²) in [6, 6.07) is 15.1. The summed E-state index contributed by atoms with van der Waals surface area (Å²) in [5.41, 5.74) is 22.6. The maximum atomic E-state index is 14.7. The number of nitrogens with one attached hydrogen (secondary N) is 4. The fourth-order valence-corrected chi connectivity index (χ4v) is 7.81. The van der Waals surface area contributed by atoms with E-state index >= 15 is 0 Å². The molecule has 0 fully saturated rings. The molecule has 18 heteroatoms. The lowest BCUT2D eigenvalue weighted by molar-refractivity contribution is -0.141. The predicted molar refractivity (Wildman–Crippen MR) is 254 cm³/mol. The second-order valence-electron chi connectivity index (χ2n) is 17.1. The molecule has 1 aromatic heterocycles. The average Bonchev–Trinajstić information content (AvgIpc) is 3.31. The van der Waals surface area contributed by atoms with E-state index in [0.29, 0.717) is 51.0 Å². The number of ether oxygens (including phenoxy) is 2. The molecule has 0 radical (unpaired) electrons. The van der Waals surface area contributed by atoms with Crippen molar-refractivity contribution in [3.8, 4) is 40.1 Å². The zero-order valence-electron chi connectivity index (χ0n) is 39.3. The van der Waals surface area contributed by atoms with Crippen LogP contribution < -0.4 is 47.9 Å². The van der Waals surface area contributed by atoms with Crippen molar-refractivity contribution in [2.75, 3.05) is 46.4 Å². The maximum Gasteiger partial charge on any atom is 0.255 e. The number of rotatable bonds is 17. The highest BCUT2D eigenvalue weighted by molar-refractivity contribution is 6.00. The quantitative estimate of drug-likeness (QED) is 0.0752. The van der Waals surface area contributed by atoms with Crippen LogP contribution in [0.3, 0.4) is 0 Å². The van der Waals surface area contributed by atoms with Crippen LogP contribution in [0.2, 0.25) is 0 Å². The number of aryl methyl sites for hydroxylation is 2. The Morgan fingerprint density at radius 2 is 1.51 bits per heavy atom. The highest BCUT2D eigenvalue weighted by atomic mass is 16.5. The van der Waals surface area contributed by atoms with Crippen LogP contribution in [0.5, 0.6) is 11.5 Å². The van der Waals surface area contributed by atoms with Gasteiger partial charge in [0.15, 0.2) is 5.82 Å². The standard InChI is InChI=1S/C49H63N11O7/c1-8-49(5,6)34-13-10-32(11-14-34)43-55-28(2)41(29(3)56-43)46(63)58-37(17-18-50)48(65)60(7)42-33-12-16-40(67-24-21-53)36(27-33)35-25-31(9-15-39(35)66-23-20-52)26-38(45(62)54-22-19-51)59-44(61)30(4)57-47(42)64/h9-16,25,27,30,37-38,42H,8,17-18,20-24,26,50,52-53H2,1-7H3,(H,54,62)(H,57,64)(H,58,63)(H,59,61). The van der Waals surface area contributed by atoms with E-state index in [1.54, 1.807) is 50.2 Å². The number of nitriles is 1. The van der Waals surface area contributed by atoms with E-state index in [9.17, 15) is 29.2 Å². The molecule has 1 aliphatic rings. The molecule has 2 heterocycles. The molecular weight excluding hydrogens is 855 g/mol. The molecule has 3 aromatic carbocycles. The summed E-state index contributed by atoms with van der Waals surface area (Å²) in [5.74, 6) is -2.12. The lowest BCUT2D eigenvalue weighted by atomic mass is 9.82. The summed E-state index contributed by atoms with van der Waals surface area (Å²) in [4.78, 5) is 81.2. The molecule has 4 bridgehead atoms. The molecule has 0 saturated heterocycles. The topological polar surface area (TPSA) is 283 Å². The van der Waals surface area contributed by atoms with Crippen LogP contribution in [0.25, 0.3) is 22.5 Å². The van der Waals surface area contributed by atoms with E-state index in [1.807, 2.05) is 18.2 Å². The van der Waals surface area contributed by atoms with Gasteiger partial charge in [0.25, 0.3) is 5.91 Å². The highest BCUT2D eigenvalue weighted by Crippen LogP contribution is 2.40. The lowest BCUT2D eigenvalue weighted by Crippen LogP contribution is -2.56. The van der Waals surface area contributed by atoms with Crippen molar-refractivity contribution in [2.24, 2.45) is 17.2 Å². The van der Waals surface area contributed by atoms with Gasteiger partial charge in [0, 0.05) is 43.2 Å². The van der Waals surface area contributed by atoms with Gasteiger partial charge in [-0.2, -0.15) is 5.26 Å². The largest absolute Gasteiger partial charge is 0.492 e. The molecule has 18 nitrogen and oxygen atoms in total. The smallest absolute Gasteiger partial charge is 0.255 e. The van der Waals surface area contributed by atoms with Crippen LogP contribution in [0.1, 0.15) is 85.0 Å². The number of carbonyl (C=O) groups is 5. The van der Waals surface area contributed by atoms with Gasteiger partial charge in [0.1, 0.15) is 55.4 Å². The maximum absolute atomic E-state index is 14.7. The summed E-state index contributed by atoms with van der Waals surface area (Å²) in [5, 5.41) is 19.9. The fraction of sp³-hybridized carbons (Fsp3) is 0.429.